The zero-order valence-electron chi connectivity index (χ0n) is 11.6. The number of anilines is 2. The molecular weight excluding hydrogens is 212 g/mol. The molecule has 1 saturated heterocycles. The highest BCUT2D eigenvalue weighted by molar-refractivity contribution is 5.66. The monoisotopic (exact) mass is 236 g/mol. The highest BCUT2D eigenvalue weighted by atomic mass is 15.4. The summed E-state index contributed by atoms with van der Waals surface area (Å²) >= 11 is 0. The zero-order valence-corrected chi connectivity index (χ0v) is 11.6. The lowest BCUT2D eigenvalue weighted by Crippen LogP contribution is -2.27. The van der Waals surface area contributed by atoms with Crippen molar-refractivity contribution in [3.63, 3.8) is 0 Å². The van der Waals surface area contributed by atoms with E-state index in [1.807, 2.05) is 18.7 Å². The summed E-state index contributed by atoms with van der Waals surface area (Å²) in [6, 6.07) is 0. The molecule has 0 spiro atoms. The van der Waals surface area contributed by atoms with E-state index < -0.39 is 0 Å². The molecule has 0 aromatic carbocycles. The van der Waals surface area contributed by atoms with Crippen LogP contribution in [0.4, 0.5) is 11.5 Å². The van der Waals surface area contributed by atoms with Gasteiger partial charge in [-0.25, -0.2) is 0 Å². The number of hydrogen-bond donors (Lipinski definition) is 1. The highest BCUT2D eigenvalue weighted by Gasteiger charge is 2.33. The first-order valence-corrected chi connectivity index (χ1v) is 6.34. The van der Waals surface area contributed by atoms with Crippen LogP contribution in [0.15, 0.2) is 0 Å². The molecule has 0 aliphatic carbocycles. The van der Waals surface area contributed by atoms with Crippen molar-refractivity contribution < 1.29 is 0 Å². The van der Waals surface area contributed by atoms with Gasteiger partial charge in [0.15, 0.2) is 0 Å². The summed E-state index contributed by atoms with van der Waals surface area (Å²) < 4.78 is 1.91. The van der Waals surface area contributed by atoms with Crippen LogP contribution in [0.2, 0.25) is 0 Å². The van der Waals surface area contributed by atoms with Crippen molar-refractivity contribution in [2.45, 2.75) is 34.1 Å². The van der Waals surface area contributed by atoms with Crippen LogP contribution in [-0.4, -0.2) is 22.9 Å². The Labute approximate surface area is 104 Å². The van der Waals surface area contributed by atoms with E-state index in [2.05, 4.69) is 30.8 Å². The van der Waals surface area contributed by atoms with Gasteiger partial charge in [0.2, 0.25) is 0 Å². The third-order valence-electron chi connectivity index (χ3n) is 3.95. The summed E-state index contributed by atoms with van der Waals surface area (Å²) in [5.41, 5.74) is 8.25. The van der Waals surface area contributed by atoms with Crippen LogP contribution in [0, 0.1) is 18.3 Å². The highest BCUT2D eigenvalue weighted by Crippen LogP contribution is 2.37. The number of aromatic nitrogens is 2. The quantitative estimate of drug-likeness (QED) is 0.813. The van der Waals surface area contributed by atoms with Crippen LogP contribution in [0.5, 0.6) is 0 Å². The second-order valence-corrected chi connectivity index (χ2v) is 6.24. The Morgan fingerprint density at radius 1 is 1.35 bits per heavy atom. The maximum Gasteiger partial charge on any atom is 0.150 e. The van der Waals surface area contributed by atoms with Gasteiger partial charge in [0.1, 0.15) is 5.82 Å². The van der Waals surface area contributed by atoms with E-state index in [9.17, 15) is 0 Å². The molecule has 1 aromatic rings. The van der Waals surface area contributed by atoms with Gasteiger partial charge in [0, 0.05) is 20.1 Å². The Morgan fingerprint density at radius 2 is 2.00 bits per heavy atom. The fourth-order valence-corrected chi connectivity index (χ4v) is 2.70. The van der Waals surface area contributed by atoms with Crippen LogP contribution in [0.3, 0.4) is 0 Å². The van der Waals surface area contributed by atoms with Crippen LogP contribution >= 0.6 is 0 Å². The SMILES string of the molecule is Cc1nn(C)c(N2CCC(C(C)(C)C)C2)c1N. The van der Waals surface area contributed by atoms with Gasteiger partial charge in [0.05, 0.1) is 11.4 Å². The second kappa shape index (κ2) is 3.93. The first-order chi connectivity index (χ1) is 7.80. The molecule has 2 rings (SSSR count). The van der Waals surface area contributed by atoms with Crippen molar-refractivity contribution in [3.05, 3.63) is 5.69 Å². The molecule has 4 heteroatoms. The van der Waals surface area contributed by atoms with Crippen molar-refractivity contribution in [2.75, 3.05) is 23.7 Å². The molecule has 1 aliphatic rings. The maximum atomic E-state index is 6.11. The molecule has 2 heterocycles. The lowest BCUT2D eigenvalue weighted by Gasteiger charge is -2.27. The van der Waals surface area contributed by atoms with Crippen molar-refractivity contribution in [2.24, 2.45) is 18.4 Å². The number of aryl methyl sites for hydroxylation is 2. The Balaban J connectivity index is 2.21. The minimum absolute atomic E-state index is 0.372. The molecule has 0 bridgehead atoms. The van der Waals surface area contributed by atoms with Crippen molar-refractivity contribution in [1.29, 1.82) is 0 Å². The fourth-order valence-electron chi connectivity index (χ4n) is 2.70. The van der Waals surface area contributed by atoms with E-state index in [1.165, 1.54) is 6.42 Å². The van der Waals surface area contributed by atoms with E-state index >= 15 is 0 Å². The Bertz CT molecular complexity index is 414. The number of hydrogen-bond acceptors (Lipinski definition) is 3. The largest absolute Gasteiger partial charge is 0.394 e. The summed E-state index contributed by atoms with van der Waals surface area (Å²) in [5.74, 6) is 1.83. The third-order valence-corrected chi connectivity index (χ3v) is 3.95. The topological polar surface area (TPSA) is 47.1 Å². The van der Waals surface area contributed by atoms with Crippen molar-refractivity contribution in [1.82, 2.24) is 9.78 Å². The second-order valence-electron chi connectivity index (χ2n) is 6.24. The first kappa shape index (κ1) is 12.3. The van der Waals surface area contributed by atoms with Crippen LogP contribution < -0.4 is 10.6 Å². The predicted molar refractivity (Wildman–Crippen MR) is 72.1 cm³/mol. The smallest absolute Gasteiger partial charge is 0.150 e. The van der Waals surface area contributed by atoms with Gasteiger partial charge in [-0.05, 0) is 24.7 Å². The number of nitrogen functional groups attached to an aromatic ring is 1. The lowest BCUT2D eigenvalue weighted by molar-refractivity contribution is 0.263. The molecule has 1 atom stereocenters. The molecule has 1 fully saturated rings. The van der Waals surface area contributed by atoms with Gasteiger partial charge in [-0.2, -0.15) is 5.10 Å². The molecule has 96 valence electrons. The molecule has 0 amide bonds. The summed E-state index contributed by atoms with van der Waals surface area (Å²) in [7, 11) is 1.98. The standard InChI is InChI=1S/C13H24N4/c1-9-11(14)12(16(5)15-9)17-7-6-10(8-17)13(2,3)4/h10H,6-8,14H2,1-5H3. The minimum Gasteiger partial charge on any atom is -0.394 e. The van der Waals surface area contributed by atoms with Gasteiger partial charge >= 0.3 is 0 Å². The average Bonchev–Trinajstić information content (AvgIpc) is 2.73. The molecule has 0 saturated carbocycles. The molecule has 0 radical (unpaired) electrons. The summed E-state index contributed by atoms with van der Waals surface area (Å²) in [6.07, 6.45) is 1.24. The molecule has 1 unspecified atom stereocenters. The van der Waals surface area contributed by atoms with Gasteiger partial charge < -0.3 is 10.6 Å². The van der Waals surface area contributed by atoms with E-state index in [4.69, 9.17) is 5.73 Å². The van der Waals surface area contributed by atoms with Crippen molar-refractivity contribution in [3.8, 4) is 0 Å². The first-order valence-electron chi connectivity index (χ1n) is 6.34. The van der Waals surface area contributed by atoms with Gasteiger partial charge in [0.25, 0.3) is 0 Å². The normalized spacial score (nSPS) is 21.2. The zero-order chi connectivity index (χ0) is 12.8. The van der Waals surface area contributed by atoms with Gasteiger partial charge in [-0.3, -0.25) is 4.68 Å². The minimum atomic E-state index is 0.372. The molecule has 1 aliphatic heterocycles. The Morgan fingerprint density at radius 3 is 2.41 bits per heavy atom. The van der Waals surface area contributed by atoms with E-state index in [0.29, 0.717) is 5.41 Å². The van der Waals surface area contributed by atoms with E-state index in [0.717, 1.165) is 36.2 Å². The van der Waals surface area contributed by atoms with Crippen molar-refractivity contribution >= 4 is 11.5 Å². The number of rotatable bonds is 1. The average molecular weight is 236 g/mol. The third kappa shape index (κ3) is 2.13. The molecule has 2 N–H and O–H groups in total. The predicted octanol–water partition coefficient (Wildman–Crippen LogP) is 2.18. The van der Waals surface area contributed by atoms with Crippen LogP contribution in [0.25, 0.3) is 0 Å². The molecule has 1 aromatic heterocycles. The fraction of sp³-hybridized carbons (Fsp3) is 0.769. The molecular formula is C13H24N4. The van der Waals surface area contributed by atoms with Gasteiger partial charge in [-0.15, -0.1) is 0 Å². The van der Waals surface area contributed by atoms with Crippen LogP contribution in [-0.2, 0) is 7.05 Å². The van der Waals surface area contributed by atoms with E-state index in [-0.39, 0.29) is 0 Å². The molecule has 4 nitrogen and oxygen atoms in total. The number of nitrogens with zero attached hydrogens (tertiary/aromatic N) is 3. The number of nitrogens with two attached hydrogens (primary N) is 1. The Kier molecular flexibility index (Phi) is 2.84. The van der Waals surface area contributed by atoms with Gasteiger partial charge in [-0.1, -0.05) is 20.8 Å². The lowest BCUT2D eigenvalue weighted by atomic mass is 9.80. The van der Waals surface area contributed by atoms with E-state index in [1.54, 1.807) is 0 Å². The molecule has 17 heavy (non-hydrogen) atoms. The summed E-state index contributed by atoms with van der Waals surface area (Å²) in [5, 5.41) is 4.39. The van der Waals surface area contributed by atoms with Crippen LogP contribution in [0.1, 0.15) is 32.9 Å². The Hall–Kier alpha value is -1.19. The maximum absolute atomic E-state index is 6.11. The summed E-state index contributed by atoms with van der Waals surface area (Å²) in [4.78, 5) is 2.38. The summed E-state index contributed by atoms with van der Waals surface area (Å²) in [6.45, 7) is 11.1.